The van der Waals surface area contributed by atoms with E-state index in [4.69, 9.17) is 16.3 Å². The van der Waals surface area contributed by atoms with Crippen LogP contribution in [-0.4, -0.2) is 42.4 Å². The van der Waals surface area contributed by atoms with Crippen LogP contribution in [0.2, 0.25) is 0 Å². The molecule has 114 valence electrons. The van der Waals surface area contributed by atoms with Crippen LogP contribution in [0.5, 0.6) is 0 Å². The van der Waals surface area contributed by atoms with E-state index < -0.39 is 6.09 Å². The summed E-state index contributed by atoms with van der Waals surface area (Å²) < 4.78 is 5.13. The molecule has 1 atom stereocenters. The molecule has 1 aliphatic heterocycles. The highest BCUT2D eigenvalue weighted by Gasteiger charge is 2.25. The van der Waals surface area contributed by atoms with E-state index in [-0.39, 0.29) is 24.3 Å². The maximum Gasteiger partial charge on any atom is 0.407 e. The largest absolute Gasteiger partial charge is 0.445 e. The third-order valence-electron chi connectivity index (χ3n) is 3.50. The lowest BCUT2D eigenvalue weighted by molar-refractivity contribution is -0.127. The number of hydrogen-bond acceptors (Lipinski definition) is 3. The smallest absolute Gasteiger partial charge is 0.407 e. The maximum atomic E-state index is 11.6. The molecule has 0 saturated carbocycles. The Labute approximate surface area is 129 Å². The van der Waals surface area contributed by atoms with Gasteiger partial charge in [0.25, 0.3) is 0 Å². The Balaban J connectivity index is 1.65. The van der Waals surface area contributed by atoms with Crippen molar-refractivity contribution < 1.29 is 14.3 Å². The second-order valence-corrected chi connectivity index (χ2v) is 5.34. The fourth-order valence-electron chi connectivity index (χ4n) is 2.31. The molecule has 6 heteroatoms. The van der Waals surface area contributed by atoms with Crippen molar-refractivity contribution in [2.75, 3.05) is 25.5 Å². The molecule has 0 aromatic heterocycles. The monoisotopic (exact) mass is 310 g/mol. The average Bonchev–Trinajstić information content (AvgIpc) is 3.00. The van der Waals surface area contributed by atoms with Crippen molar-refractivity contribution in [1.82, 2.24) is 10.2 Å². The summed E-state index contributed by atoms with van der Waals surface area (Å²) in [4.78, 5) is 24.8. The number of likely N-dealkylation sites (tertiary alicyclic amines) is 1. The van der Waals surface area contributed by atoms with Gasteiger partial charge in [0.1, 0.15) is 12.5 Å². The van der Waals surface area contributed by atoms with Gasteiger partial charge in [0.15, 0.2) is 0 Å². The summed E-state index contributed by atoms with van der Waals surface area (Å²) >= 11 is 5.53. The van der Waals surface area contributed by atoms with Crippen molar-refractivity contribution in [1.29, 1.82) is 0 Å². The zero-order chi connectivity index (χ0) is 15.1. The first-order valence-corrected chi connectivity index (χ1v) is 7.50. The average molecular weight is 311 g/mol. The molecule has 5 nitrogen and oxygen atoms in total. The Bertz CT molecular complexity index is 481. The summed E-state index contributed by atoms with van der Waals surface area (Å²) in [7, 11) is 0. The SMILES string of the molecule is O=C(NC[C@@H]1CCN(C(=O)CCl)C1)OCc1ccccc1. The van der Waals surface area contributed by atoms with Gasteiger partial charge in [-0.3, -0.25) is 4.79 Å². The Morgan fingerprint density at radius 3 is 2.81 bits per heavy atom. The van der Waals surface area contributed by atoms with Crippen LogP contribution in [0.3, 0.4) is 0 Å². The van der Waals surface area contributed by atoms with Crippen molar-refractivity contribution in [3.63, 3.8) is 0 Å². The Hall–Kier alpha value is -1.75. The van der Waals surface area contributed by atoms with Crippen LogP contribution in [0.1, 0.15) is 12.0 Å². The second kappa shape index (κ2) is 7.88. The Morgan fingerprint density at radius 1 is 1.33 bits per heavy atom. The van der Waals surface area contributed by atoms with Crippen LogP contribution >= 0.6 is 11.6 Å². The van der Waals surface area contributed by atoms with Gasteiger partial charge in [-0.2, -0.15) is 0 Å². The van der Waals surface area contributed by atoms with E-state index in [9.17, 15) is 9.59 Å². The number of amides is 2. The highest BCUT2D eigenvalue weighted by Crippen LogP contribution is 2.15. The third kappa shape index (κ3) is 4.93. The topological polar surface area (TPSA) is 58.6 Å². The van der Waals surface area contributed by atoms with E-state index in [0.29, 0.717) is 19.6 Å². The Kier molecular flexibility index (Phi) is 5.87. The number of halogens is 1. The van der Waals surface area contributed by atoms with Gasteiger partial charge in [-0.25, -0.2) is 4.79 Å². The van der Waals surface area contributed by atoms with E-state index in [1.165, 1.54) is 0 Å². The van der Waals surface area contributed by atoms with Crippen molar-refractivity contribution in [2.24, 2.45) is 5.92 Å². The molecule has 21 heavy (non-hydrogen) atoms. The van der Waals surface area contributed by atoms with Crippen molar-refractivity contribution in [2.45, 2.75) is 13.0 Å². The van der Waals surface area contributed by atoms with Crippen LogP contribution < -0.4 is 5.32 Å². The first kappa shape index (κ1) is 15.6. The van der Waals surface area contributed by atoms with E-state index in [1.807, 2.05) is 30.3 Å². The highest BCUT2D eigenvalue weighted by molar-refractivity contribution is 6.27. The molecule has 1 N–H and O–H groups in total. The van der Waals surface area contributed by atoms with Crippen LogP contribution in [0.4, 0.5) is 4.79 Å². The van der Waals surface area contributed by atoms with Crippen LogP contribution in [-0.2, 0) is 16.1 Å². The zero-order valence-corrected chi connectivity index (χ0v) is 12.5. The summed E-state index contributed by atoms with van der Waals surface area (Å²) in [5.41, 5.74) is 0.951. The van der Waals surface area contributed by atoms with E-state index >= 15 is 0 Å². The maximum absolute atomic E-state index is 11.6. The fraction of sp³-hybridized carbons (Fsp3) is 0.467. The number of nitrogens with one attached hydrogen (secondary N) is 1. The number of carbonyl (C=O) groups excluding carboxylic acids is 2. The van der Waals surface area contributed by atoms with Gasteiger partial charge >= 0.3 is 6.09 Å². The van der Waals surface area contributed by atoms with Crippen LogP contribution in [0.25, 0.3) is 0 Å². The normalized spacial score (nSPS) is 17.6. The molecule has 1 aromatic rings. The number of alkyl carbamates (subject to hydrolysis) is 1. The number of alkyl halides is 1. The molecule has 2 rings (SSSR count). The van der Waals surface area contributed by atoms with Gasteiger partial charge in [0, 0.05) is 19.6 Å². The Morgan fingerprint density at radius 2 is 2.10 bits per heavy atom. The second-order valence-electron chi connectivity index (χ2n) is 5.07. The molecule has 0 radical (unpaired) electrons. The number of nitrogens with zero attached hydrogens (tertiary/aromatic N) is 1. The van der Waals surface area contributed by atoms with E-state index in [2.05, 4.69) is 5.32 Å². The third-order valence-corrected chi connectivity index (χ3v) is 3.73. The summed E-state index contributed by atoms with van der Waals surface area (Å²) in [6.45, 7) is 2.12. The van der Waals surface area contributed by atoms with E-state index in [0.717, 1.165) is 12.0 Å². The van der Waals surface area contributed by atoms with Crippen LogP contribution in [0.15, 0.2) is 30.3 Å². The summed E-state index contributed by atoms with van der Waals surface area (Å²) in [6, 6.07) is 9.52. The first-order chi connectivity index (χ1) is 10.2. The molecule has 0 aliphatic carbocycles. The number of hydrogen-bond donors (Lipinski definition) is 1. The minimum Gasteiger partial charge on any atom is -0.445 e. The standard InChI is InChI=1S/C15H19ClN2O3/c16-8-14(19)18-7-6-13(10-18)9-17-15(20)21-11-12-4-2-1-3-5-12/h1-5,13H,6-11H2,(H,17,20)/t13-/m0/s1. The molecular formula is C15H19ClN2O3. The fourth-order valence-corrected chi connectivity index (χ4v) is 2.48. The minimum atomic E-state index is -0.430. The van der Waals surface area contributed by atoms with Gasteiger partial charge in [0.05, 0.1) is 0 Å². The molecule has 2 amide bonds. The highest BCUT2D eigenvalue weighted by atomic mass is 35.5. The number of benzene rings is 1. The molecular weight excluding hydrogens is 292 g/mol. The lowest BCUT2D eigenvalue weighted by Crippen LogP contribution is -2.33. The molecule has 1 aromatic carbocycles. The van der Waals surface area contributed by atoms with Crippen molar-refractivity contribution >= 4 is 23.6 Å². The molecule has 0 unspecified atom stereocenters. The number of ether oxygens (including phenoxy) is 1. The predicted octanol–water partition coefficient (Wildman–Crippen LogP) is 2.00. The van der Waals surface area contributed by atoms with Gasteiger partial charge < -0.3 is 15.0 Å². The minimum absolute atomic E-state index is 0.0132. The lowest BCUT2D eigenvalue weighted by Gasteiger charge is -2.15. The number of carbonyl (C=O) groups is 2. The van der Waals surface area contributed by atoms with Crippen molar-refractivity contribution in [3.05, 3.63) is 35.9 Å². The number of rotatable bonds is 5. The molecule has 1 fully saturated rings. The van der Waals surface area contributed by atoms with E-state index in [1.54, 1.807) is 4.90 Å². The van der Waals surface area contributed by atoms with Crippen LogP contribution in [0, 0.1) is 5.92 Å². The summed E-state index contributed by atoms with van der Waals surface area (Å²) in [6.07, 6.45) is 0.447. The molecule has 0 spiro atoms. The van der Waals surface area contributed by atoms with Crippen molar-refractivity contribution in [3.8, 4) is 0 Å². The molecule has 1 saturated heterocycles. The summed E-state index contributed by atoms with van der Waals surface area (Å²) in [5.74, 6) is 0.228. The zero-order valence-electron chi connectivity index (χ0n) is 11.8. The van der Waals surface area contributed by atoms with Gasteiger partial charge in [-0.1, -0.05) is 30.3 Å². The molecule has 0 bridgehead atoms. The van der Waals surface area contributed by atoms with Gasteiger partial charge in [-0.05, 0) is 17.9 Å². The van der Waals surface area contributed by atoms with Gasteiger partial charge in [0.2, 0.25) is 5.91 Å². The molecule has 1 aliphatic rings. The quantitative estimate of drug-likeness (QED) is 0.846. The first-order valence-electron chi connectivity index (χ1n) is 6.97. The predicted molar refractivity (Wildman–Crippen MR) is 80.0 cm³/mol. The summed E-state index contributed by atoms with van der Waals surface area (Å²) in [5, 5.41) is 2.74. The van der Waals surface area contributed by atoms with Gasteiger partial charge in [-0.15, -0.1) is 11.6 Å². The lowest BCUT2D eigenvalue weighted by atomic mass is 10.1. The molecule has 1 heterocycles.